The van der Waals surface area contributed by atoms with Crippen molar-refractivity contribution in [1.82, 2.24) is 0 Å². The summed E-state index contributed by atoms with van der Waals surface area (Å²) in [5.41, 5.74) is 1.45. The zero-order valence-electron chi connectivity index (χ0n) is 15.9. The first kappa shape index (κ1) is 21.6. The second-order valence-electron chi connectivity index (χ2n) is 7.83. The van der Waals surface area contributed by atoms with E-state index in [1.807, 2.05) is 20.8 Å². The van der Waals surface area contributed by atoms with Crippen molar-refractivity contribution in [2.75, 3.05) is 0 Å². The van der Waals surface area contributed by atoms with Crippen LogP contribution in [-0.2, 0) is 20.2 Å². The maximum atomic E-state index is 12.0. The Morgan fingerprint density at radius 1 is 0.741 bits per heavy atom. The van der Waals surface area contributed by atoms with Crippen molar-refractivity contribution >= 4 is 20.2 Å². The van der Waals surface area contributed by atoms with Crippen LogP contribution in [0.15, 0.2) is 46.2 Å². The lowest BCUT2D eigenvalue weighted by atomic mass is 9.72. The molecule has 0 aliphatic rings. The minimum atomic E-state index is -4.53. The Morgan fingerprint density at radius 2 is 1.07 bits per heavy atom. The maximum absolute atomic E-state index is 12.0. The van der Waals surface area contributed by atoms with Crippen LogP contribution in [0, 0.1) is 19.3 Å². The molecule has 0 atom stereocenters. The van der Waals surface area contributed by atoms with Gasteiger partial charge in [0.1, 0.15) is 0 Å². The van der Waals surface area contributed by atoms with E-state index in [0.717, 1.165) is 11.1 Å². The van der Waals surface area contributed by atoms with E-state index in [9.17, 15) is 25.9 Å². The molecular weight excluding hydrogens is 388 g/mol. The van der Waals surface area contributed by atoms with E-state index in [1.165, 1.54) is 12.1 Å². The average molecular weight is 413 g/mol. The van der Waals surface area contributed by atoms with Crippen LogP contribution in [0.3, 0.4) is 0 Å². The Labute approximate surface area is 160 Å². The third kappa shape index (κ3) is 4.76. The number of hydrogen-bond donors (Lipinski definition) is 2. The lowest BCUT2D eigenvalue weighted by Gasteiger charge is -2.34. The standard InChI is InChI=1S/C19H24O6S2/c1-12-6-8-16(26(20,21)22)14(10-12)18(19(3,4)5)15-11-13(2)7-9-17(15)27(23,24)25/h6-11,18H,1-5H3,(H,20,21,22)(H,23,24,25). The lowest BCUT2D eigenvalue weighted by Crippen LogP contribution is -2.24. The quantitative estimate of drug-likeness (QED) is 0.736. The third-order valence-corrected chi connectivity index (χ3v) is 6.23. The Balaban J connectivity index is 2.99. The van der Waals surface area contributed by atoms with Crippen molar-refractivity contribution in [3.63, 3.8) is 0 Å². The lowest BCUT2D eigenvalue weighted by molar-refractivity contribution is 0.349. The van der Waals surface area contributed by atoms with E-state index < -0.39 is 31.6 Å². The molecule has 0 aliphatic carbocycles. The molecule has 2 aromatic rings. The summed E-state index contributed by atoms with van der Waals surface area (Å²) in [5.74, 6) is -0.717. The van der Waals surface area contributed by atoms with Crippen molar-refractivity contribution in [3.8, 4) is 0 Å². The molecule has 0 saturated carbocycles. The highest BCUT2D eigenvalue weighted by Crippen LogP contribution is 2.45. The van der Waals surface area contributed by atoms with Crippen LogP contribution in [0.1, 0.15) is 48.9 Å². The first-order valence-electron chi connectivity index (χ1n) is 8.28. The highest BCUT2D eigenvalue weighted by Gasteiger charge is 2.35. The fourth-order valence-corrected chi connectivity index (χ4v) is 4.79. The molecule has 0 aliphatic heterocycles. The second-order valence-corrected chi connectivity index (χ2v) is 10.6. The molecule has 8 heteroatoms. The molecule has 0 heterocycles. The minimum absolute atomic E-state index is 0.278. The predicted molar refractivity (Wildman–Crippen MR) is 103 cm³/mol. The summed E-state index contributed by atoms with van der Waals surface area (Å²) < 4.78 is 67.3. The molecule has 0 radical (unpaired) electrons. The molecule has 0 fully saturated rings. The van der Waals surface area contributed by atoms with E-state index in [0.29, 0.717) is 0 Å². The molecule has 2 N–H and O–H groups in total. The molecular formula is C19H24O6S2. The van der Waals surface area contributed by atoms with E-state index in [-0.39, 0.29) is 20.9 Å². The van der Waals surface area contributed by atoms with Gasteiger partial charge in [0.2, 0.25) is 0 Å². The van der Waals surface area contributed by atoms with Gasteiger partial charge in [-0.2, -0.15) is 16.8 Å². The van der Waals surface area contributed by atoms with Gasteiger partial charge in [0.25, 0.3) is 20.2 Å². The van der Waals surface area contributed by atoms with E-state index in [1.54, 1.807) is 38.1 Å². The van der Waals surface area contributed by atoms with Gasteiger partial charge in [-0.15, -0.1) is 0 Å². The summed E-state index contributed by atoms with van der Waals surface area (Å²) in [4.78, 5) is -0.563. The Morgan fingerprint density at radius 3 is 1.33 bits per heavy atom. The molecule has 0 saturated heterocycles. The molecule has 2 aromatic carbocycles. The molecule has 0 spiro atoms. The monoisotopic (exact) mass is 412 g/mol. The van der Waals surface area contributed by atoms with Crippen LogP contribution >= 0.6 is 0 Å². The Hall–Kier alpha value is -1.74. The highest BCUT2D eigenvalue weighted by atomic mass is 32.2. The van der Waals surface area contributed by atoms with E-state index in [2.05, 4.69) is 0 Å². The molecule has 27 heavy (non-hydrogen) atoms. The normalized spacial score (nSPS) is 13.2. The third-order valence-electron chi connectivity index (χ3n) is 4.37. The zero-order chi connectivity index (χ0) is 20.8. The maximum Gasteiger partial charge on any atom is 0.294 e. The molecule has 0 aromatic heterocycles. The highest BCUT2D eigenvalue weighted by molar-refractivity contribution is 7.86. The van der Waals surface area contributed by atoms with Crippen molar-refractivity contribution in [2.45, 2.75) is 50.3 Å². The molecule has 6 nitrogen and oxygen atoms in total. The Kier molecular flexibility index (Phi) is 5.60. The van der Waals surface area contributed by atoms with Crippen molar-refractivity contribution in [2.24, 2.45) is 5.41 Å². The molecule has 2 rings (SSSR count). The Bertz CT molecular complexity index is 996. The van der Waals surface area contributed by atoms with Gasteiger partial charge in [-0.3, -0.25) is 9.11 Å². The number of rotatable bonds is 4. The van der Waals surface area contributed by atoms with Crippen molar-refractivity contribution in [3.05, 3.63) is 58.7 Å². The first-order chi connectivity index (χ1) is 12.1. The van der Waals surface area contributed by atoms with Gasteiger partial charge < -0.3 is 0 Å². The van der Waals surface area contributed by atoms with Gasteiger partial charge in [0.05, 0.1) is 9.79 Å². The summed E-state index contributed by atoms with van der Waals surface area (Å²) in [6.45, 7) is 9.06. The SMILES string of the molecule is Cc1ccc(S(=O)(=O)O)c(C(c2cc(C)ccc2S(=O)(=O)O)C(C)(C)C)c1. The largest absolute Gasteiger partial charge is 0.294 e. The molecule has 148 valence electrons. The van der Waals surface area contributed by atoms with Gasteiger partial charge in [0.15, 0.2) is 0 Å². The summed E-state index contributed by atoms with van der Waals surface area (Å²) in [5, 5.41) is 0. The summed E-state index contributed by atoms with van der Waals surface area (Å²) in [7, 11) is -9.07. The van der Waals surface area contributed by atoms with Crippen LogP contribution in [0.4, 0.5) is 0 Å². The average Bonchev–Trinajstić information content (AvgIpc) is 2.43. The van der Waals surface area contributed by atoms with Crippen LogP contribution in [0.5, 0.6) is 0 Å². The minimum Gasteiger partial charge on any atom is -0.282 e. The summed E-state index contributed by atoms with van der Waals surface area (Å²) >= 11 is 0. The van der Waals surface area contributed by atoms with Gasteiger partial charge >= 0.3 is 0 Å². The fraction of sp³-hybridized carbons (Fsp3) is 0.368. The van der Waals surface area contributed by atoms with Gasteiger partial charge in [-0.1, -0.05) is 56.2 Å². The number of benzene rings is 2. The smallest absolute Gasteiger partial charge is 0.282 e. The fourth-order valence-electron chi connectivity index (χ4n) is 3.36. The first-order valence-corrected chi connectivity index (χ1v) is 11.2. The van der Waals surface area contributed by atoms with E-state index in [4.69, 9.17) is 0 Å². The predicted octanol–water partition coefficient (Wildman–Crippen LogP) is 3.97. The number of hydrogen-bond acceptors (Lipinski definition) is 4. The van der Waals surface area contributed by atoms with Crippen molar-refractivity contribution in [1.29, 1.82) is 0 Å². The van der Waals surface area contributed by atoms with Crippen LogP contribution in [0.2, 0.25) is 0 Å². The van der Waals surface area contributed by atoms with Crippen LogP contribution in [0.25, 0.3) is 0 Å². The van der Waals surface area contributed by atoms with E-state index >= 15 is 0 Å². The van der Waals surface area contributed by atoms with Gasteiger partial charge in [-0.25, -0.2) is 0 Å². The molecule has 0 unspecified atom stereocenters. The van der Waals surface area contributed by atoms with Crippen molar-refractivity contribution < 1.29 is 25.9 Å². The van der Waals surface area contributed by atoms with Crippen LogP contribution in [-0.4, -0.2) is 25.9 Å². The zero-order valence-corrected chi connectivity index (χ0v) is 17.5. The molecule has 0 bridgehead atoms. The van der Waals surface area contributed by atoms with Crippen LogP contribution < -0.4 is 0 Å². The summed E-state index contributed by atoms with van der Waals surface area (Å²) in [6.07, 6.45) is 0. The van der Waals surface area contributed by atoms with Gasteiger partial charge in [0, 0.05) is 5.92 Å². The number of aryl methyl sites for hydroxylation is 2. The summed E-state index contributed by atoms with van der Waals surface area (Å²) in [6, 6.07) is 8.98. The topological polar surface area (TPSA) is 109 Å². The van der Waals surface area contributed by atoms with Gasteiger partial charge in [-0.05, 0) is 42.5 Å². The second kappa shape index (κ2) is 7.01. The molecule has 0 amide bonds.